The highest BCUT2D eigenvalue weighted by atomic mass is 32.2. The van der Waals surface area contributed by atoms with Crippen LogP contribution in [0.5, 0.6) is 5.75 Å². The summed E-state index contributed by atoms with van der Waals surface area (Å²) >= 11 is 0. The summed E-state index contributed by atoms with van der Waals surface area (Å²) in [6.45, 7) is 0.501. The number of amides is 1. The average Bonchev–Trinajstić information content (AvgIpc) is 2.37. The molecule has 1 atom stereocenters. The minimum atomic E-state index is -3.39. The maximum absolute atomic E-state index is 12.0. The molecule has 0 saturated heterocycles. The van der Waals surface area contributed by atoms with Crippen molar-refractivity contribution in [2.24, 2.45) is 0 Å². The molecule has 1 unspecified atom stereocenters. The smallest absolute Gasteiger partial charge is 0.387 e. The number of ether oxygens (including phenoxy) is 1. The van der Waals surface area contributed by atoms with Gasteiger partial charge in [0.2, 0.25) is 5.91 Å². The van der Waals surface area contributed by atoms with Gasteiger partial charge in [0.05, 0.1) is 11.8 Å². The van der Waals surface area contributed by atoms with Crippen LogP contribution >= 0.6 is 0 Å². The third-order valence-corrected chi connectivity index (χ3v) is 4.58. The van der Waals surface area contributed by atoms with Crippen LogP contribution in [0.1, 0.15) is 31.9 Å². The summed E-state index contributed by atoms with van der Waals surface area (Å²) in [6, 6.07) is 5.34. The molecule has 0 bridgehead atoms. The molecule has 22 heavy (non-hydrogen) atoms. The van der Waals surface area contributed by atoms with E-state index in [1.165, 1.54) is 24.3 Å². The van der Waals surface area contributed by atoms with E-state index in [2.05, 4.69) is 10.1 Å². The molecular weight excluding hydrogens is 316 g/mol. The van der Waals surface area contributed by atoms with E-state index in [0.717, 1.165) is 0 Å². The van der Waals surface area contributed by atoms with Crippen molar-refractivity contribution >= 4 is 15.7 Å². The molecule has 1 amide bonds. The van der Waals surface area contributed by atoms with Crippen LogP contribution in [-0.4, -0.2) is 32.4 Å². The Bertz CT molecular complexity index is 587. The van der Waals surface area contributed by atoms with E-state index >= 15 is 0 Å². The fourth-order valence-corrected chi connectivity index (χ4v) is 3.14. The van der Waals surface area contributed by atoms with Crippen molar-refractivity contribution in [3.05, 3.63) is 29.8 Å². The molecule has 0 saturated carbocycles. The molecule has 5 nitrogen and oxygen atoms in total. The first kappa shape index (κ1) is 18.3. The average molecular weight is 335 g/mol. The normalized spacial score (nSPS) is 13.0. The van der Waals surface area contributed by atoms with E-state index in [-0.39, 0.29) is 11.5 Å². The van der Waals surface area contributed by atoms with Crippen molar-refractivity contribution < 1.29 is 26.7 Å². The molecule has 0 spiro atoms. The van der Waals surface area contributed by atoms with E-state index in [1.54, 1.807) is 13.8 Å². The molecule has 0 aliphatic heterocycles. The molecule has 0 heterocycles. The topological polar surface area (TPSA) is 72.5 Å². The monoisotopic (exact) mass is 335 g/mol. The van der Waals surface area contributed by atoms with Gasteiger partial charge in [-0.2, -0.15) is 8.78 Å². The Labute approximate surface area is 128 Å². The summed E-state index contributed by atoms with van der Waals surface area (Å²) in [5, 5.41) is 2.56. The van der Waals surface area contributed by atoms with Gasteiger partial charge < -0.3 is 10.1 Å². The summed E-state index contributed by atoms with van der Waals surface area (Å²) in [6.07, 6.45) is 0.455. The molecule has 1 rings (SSSR count). The van der Waals surface area contributed by atoms with Gasteiger partial charge in [-0.25, -0.2) is 8.42 Å². The molecule has 1 N–H and O–H groups in total. The number of hydrogen-bond donors (Lipinski definition) is 1. The van der Waals surface area contributed by atoms with Gasteiger partial charge in [0, 0.05) is 0 Å². The van der Waals surface area contributed by atoms with Gasteiger partial charge in [0.25, 0.3) is 0 Å². The maximum atomic E-state index is 12.0. The first-order valence-electron chi connectivity index (χ1n) is 6.78. The van der Waals surface area contributed by atoms with Crippen LogP contribution in [0, 0.1) is 0 Å². The molecule has 0 aliphatic carbocycles. The number of carbonyl (C=O) groups excluding carboxylic acids is 1. The zero-order valence-electron chi connectivity index (χ0n) is 12.4. The molecule has 0 radical (unpaired) electrons. The minimum absolute atomic E-state index is 0.0165. The third kappa shape index (κ3) is 6.38. The van der Waals surface area contributed by atoms with Crippen molar-refractivity contribution in [2.75, 3.05) is 11.5 Å². The predicted molar refractivity (Wildman–Crippen MR) is 78.6 cm³/mol. The van der Waals surface area contributed by atoms with Crippen LogP contribution in [0.15, 0.2) is 24.3 Å². The van der Waals surface area contributed by atoms with E-state index in [9.17, 15) is 22.0 Å². The number of benzene rings is 1. The SMILES string of the molecule is CCCS(=O)(=O)CC(=O)NC(C)c1ccc(OC(F)F)cc1. The number of halogens is 2. The second-order valence-corrected chi connectivity index (χ2v) is 7.01. The molecular formula is C14H19F2NO4S. The van der Waals surface area contributed by atoms with E-state index in [0.29, 0.717) is 12.0 Å². The van der Waals surface area contributed by atoms with Crippen molar-refractivity contribution in [1.29, 1.82) is 0 Å². The molecule has 1 aromatic carbocycles. The zero-order valence-corrected chi connectivity index (χ0v) is 13.2. The first-order chi connectivity index (χ1) is 10.2. The van der Waals surface area contributed by atoms with Crippen LogP contribution < -0.4 is 10.1 Å². The number of rotatable bonds is 8. The van der Waals surface area contributed by atoms with Crippen molar-refractivity contribution in [3.8, 4) is 5.75 Å². The Morgan fingerprint density at radius 2 is 1.86 bits per heavy atom. The second-order valence-electron chi connectivity index (χ2n) is 4.83. The Hall–Kier alpha value is -1.70. The highest BCUT2D eigenvalue weighted by molar-refractivity contribution is 7.92. The third-order valence-electron chi connectivity index (χ3n) is 2.85. The Balaban J connectivity index is 2.61. The number of hydrogen-bond acceptors (Lipinski definition) is 4. The van der Waals surface area contributed by atoms with Gasteiger partial charge in [0.15, 0.2) is 9.84 Å². The highest BCUT2D eigenvalue weighted by Crippen LogP contribution is 2.19. The fourth-order valence-electron chi connectivity index (χ4n) is 1.89. The van der Waals surface area contributed by atoms with Crippen LogP contribution in [0.25, 0.3) is 0 Å². The van der Waals surface area contributed by atoms with E-state index < -0.39 is 34.2 Å². The fraction of sp³-hybridized carbons (Fsp3) is 0.500. The molecule has 0 fully saturated rings. The summed E-state index contributed by atoms with van der Waals surface area (Å²) < 4.78 is 51.4. The quantitative estimate of drug-likeness (QED) is 0.791. The summed E-state index contributed by atoms with van der Waals surface area (Å²) in [5.74, 6) is -1.16. The van der Waals surface area contributed by atoms with Gasteiger partial charge in [-0.05, 0) is 31.0 Å². The van der Waals surface area contributed by atoms with Crippen LogP contribution in [0.4, 0.5) is 8.78 Å². The Morgan fingerprint density at radius 3 is 2.36 bits per heavy atom. The van der Waals surface area contributed by atoms with E-state index in [1.807, 2.05) is 0 Å². The lowest BCUT2D eigenvalue weighted by Crippen LogP contribution is -2.33. The highest BCUT2D eigenvalue weighted by Gasteiger charge is 2.17. The van der Waals surface area contributed by atoms with Gasteiger partial charge in [-0.1, -0.05) is 19.1 Å². The minimum Gasteiger partial charge on any atom is -0.435 e. The summed E-state index contributed by atoms with van der Waals surface area (Å²) in [4.78, 5) is 11.7. The second kappa shape index (κ2) is 8.07. The molecule has 1 aromatic rings. The lowest BCUT2D eigenvalue weighted by molar-refractivity contribution is -0.119. The van der Waals surface area contributed by atoms with Crippen molar-refractivity contribution in [3.63, 3.8) is 0 Å². The Kier molecular flexibility index (Phi) is 6.73. The van der Waals surface area contributed by atoms with Gasteiger partial charge in [0.1, 0.15) is 11.5 Å². The van der Waals surface area contributed by atoms with Crippen LogP contribution in [0.3, 0.4) is 0 Å². The molecule has 124 valence electrons. The van der Waals surface area contributed by atoms with Crippen molar-refractivity contribution in [2.45, 2.75) is 32.9 Å². The summed E-state index contributed by atoms with van der Waals surface area (Å²) in [5.41, 5.74) is 0.655. The molecule has 0 aliphatic rings. The molecule has 0 aromatic heterocycles. The van der Waals surface area contributed by atoms with Crippen LogP contribution in [0.2, 0.25) is 0 Å². The standard InChI is InChI=1S/C14H19F2NO4S/c1-3-8-22(19,20)9-13(18)17-10(2)11-4-6-12(7-5-11)21-14(15)16/h4-7,10,14H,3,8-9H2,1-2H3,(H,17,18). The summed E-state index contributed by atoms with van der Waals surface area (Å²) in [7, 11) is -3.39. The first-order valence-corrected chi connectivity index (χ1v) is 8.60. The number of alkyl halides is 2. The largest absolute Gasteiger partial charge is 0.435 e. The van der Waals surface area contributed by atoms with Crippen molar-refractivity contribution in [1.82, 2.24) is 5.32 Å². The number of nitrogens with one attached hydrogen (secondary N) is 1. The number of carbonyl (C=O) groups is 1. The van der Waals surface area contributed by atoms with Gasteiger partial charge in [-0.3, -0.25) is 4.79 Å². The van der Waals surface area contributed by atoms with Crippen LogP contribution in [-0.2, 0) is 14.6 Å². The van der Waals surface area contributed by atoms with E-state index in [4.69, 9.17) is 0 Å². The van der Waals surface area contributed by atoms with Gasteiger partial charge in [-0.15, -0.1) is 0 Å². The lowest BCUT2D eigenvalue weighted by atomic mass is 10.1. The predicted octanol–water partition coefficient (Wildman–Crippen LogP) is 2.29. The molecule has 8 heteroatoms. The Morgan fingerprint density at radius 1 is 1.27 bits per heavy atom. The lowest BCUT2D eigenvalue weighted by Gasteiger charge is -2.15. The van der Waals surface area contributed by atoms with Gasteiger partial charge >= 0.3 is 6.61 Å². The number of sulfone groups is 1. The maximum Gasteiger partial charge on any atom is 0.387 e. The zero-order chi connectivity index (χ0) is 16.8.